The number of nitrogens with one attached hydrogen (secondary N) is 1. The van der Waals surface area contributed by atoms with E-state index in [9.17, 15) is 18.0 Å². The van der Waals surface area contributed by atoms with Gasteiger partial charge in [-0.3, -0.25) is 9.78 Å². The fraction of sp³-hybridized carbons (Fsp3) is 0.455. The van der Waals surface area contributed by atoms with Crippen LogP contribution in [0.2, 0.25) is 0 Å². The van der Waals surface area contributed by atoms with Crippen molar-refractivity contribution >= 4 is 5.91 Å². The van der Waals surface area contributed by atoms with Gasteiger partial charge in [-0.1, -0.05) is 30.3 Å². The van der Waals surface area contributed by atoms with Crippen LogP contribution in [-0.4, -0.2) is 66.0 Å². The van der Waals surface area contributed by atoms with Crippen LogP contribution in [0, 0.1) is 5.92 Å². The number of aromatic nitrogens is 1. The number of carbonyl (C=O) groups excluding carboxylic acids is 1. The highest BCUT2D eigenvalue weighted by atomic mass is 19.4. The van der Waals surface area contributed by atoms with Gasteiger partial charge in [0.1, 0.15) is 5.69 Å². The Bertz CT molecular complexity index is 916. The Balaban J connectivity index is 1.46. The zero-order chi connectivity index (χ0) is 20.9. The van der Waals surface area contributed by atoms with E-state index in [1.807, 2.05) is 18.2 Å². The van der Waals surface area contributed by atoms with Crippen LogP contribution < -0.4 is 5.32 Å². The molecule has 0 spiro atoms. The first-order valence-electron chi connectivity index (χ1n) is 10.2. The molecule has 1 aromatic heterocycles. The number of pyridine rings is 1. The van der Waals surface area contributed by atoms with E-state index in [1.165, 1.54) is 11.6 Å². The fourth-order valence-corrected chi connectivity index (χ4v) is 5.49. The van der Waals surface area contributed by atoms with E-state index in [0.717, 1.165) is 51.5 Å². The third-order valence-corrected chi connectivity index (χ3v) is 6.75. The highest BCUT2D eigenvalue weighted by Crippen LogP contribution is 2.43. The second kappa shape index (κ2) is 7.06. The van der Waals surface area contributed by atoms with E-state index in [2.05, 4.69) is 32.2 Å². The maximum atomic E-state index is 13.0. The first kappa shape index (κ1) is 19.5. The molecule has 5 heterocycles. The summed E-state index contributed by atoms with van der Waals surface area (Å²) in [4.78, 5) is 21.4. The number of piperidine rings is 2. The van der Waals surface area contributed by atoms with Crippen molar-refractivity contribution in [3.63, 3.8) is 0 Å². The van der Waals surface area contributed by atoms with Crippen LogP contribution >= 0.6 is 0 Å². The molecule has 4 bridgehead atoms. The largest absolute Gasteiger partial charge is 0.433 e. The van der Waals surface area contributed by atoms with Gasteiger partial charge in [-0.05, 0) is 17.7 Å². The van der Waals surface area contributed by atoms with Crippen molar-refractivity contribution in [1.29, 1.82) is 0 Å². The molecule has 0 radical (unpaired) electrons. The normalized spacial score (nSPS) is 32.6. The number of rotatable bonds is 3. The second-order valence-corrected chi connectivity index (χ2v) is 8.63. The van der Waals surface area contributed by atoms with E-state index in [1.54, 1.807) is 0 Å². The van der Waals surface area contributed by atoms with Gasteiger partial charge >= 0.3 is 6.18 Å². The minimum atomic E-state index is -4.52. The van der Waals surface area contributed by atoms with Crippen LogP contribution in [0.1, 0.15) is 21.6 Å². The molecular formula is C22H23F3N4O. The predicted molar refractivity (Wildman–Crippen MR) is 105 cm³/mol. The number of benzene rings is 1. The summed E-state index contributed by atoms with van der Waals surface area (Å²) in [5.74, 6) is -0.103. The first-order valence-corrected chi connectivity index (χ1v) is 10.2. The minimum absolute atomic E-state index is 0.0831. The molecule has 158 valence electrons. The second-order valence-electron chi connectivity index (χ2n) is 8.63. The molecule has 4 saturated heterocycles. The zero-order valence-corrected chi connectivity index (χ0v) is 16.4. The van der Waals surface area contributed by atoms with E-state index in [-0.39, 0.29) is 28.8 Å². The lowest BCUT2D eigenvalue weighted by molar-refractivity contribution is -0.141. The molecule has 4 fully saturated rings. The number of hydrogen-bond donors (Lipinski definition) is 1. The molecule has 30 heavy (non-hydrogen) atoms. The van der Waals surface area contributed by atoms with Crippen molar-refractivity contribution in [2.24, 2.45) is 5.92 Å². The van der Waals surface area contributed by atoms with Crippen LogP contribution in [0.15, 0.2) is 48.7 Å². The maximum absolute atomic E-state index is 13.0. The Morgan fingerprint density at radius 3 is 2.27 bits per heavy atom. The number of nitrogens with zero attached hydrogens (tertiary/aromatic N) is 3. The SMILES string of the molecule is O=C(N[C@@H]1C2CN3CCN(C2)CC1(c1ccccc1)C3)c1ccc(C(F)(F)F)nc1. The monoisotopic (exact) mass is 416 g/mol. The van der Waals surface area contributed by atoms with Gasteiger partial charge in [0.15, 0.2) is 0 Å². The third kappa shape index (κ3) is 3.28. The summed E-state index contributed by atoms with van der Waals surface area (Å²) in [6.45, 7) is 5.60. The molecule has 1 N–H and O–H groups in total. The molecule has 2 unspecified atom stereocenters. The summed E-state index contributed by atoms with van der Waals surface area (Å²) in [6.07, 6.45) is -3.50. The summed E-state index contributed by atoms with van der Waals surface area (Å²) >= 11 is 0. The Kier molecular flexibility index (Phi) is 4.59. The van der Waals surface area contributed by atoms with Crippen molar-refractivity contribution in [3.8, 4) is 0 Å². The molecule has 6 rings (SSSR count). The quantitative estimate of drug-likeness (QED) is 0.835. The number of hydrogen-bond acceptors (Lipinski definition) is 4. The van der Waals surface area contributed by atoms with Gasteiger partial charge in [-0.15, -0.1) is 0 Å². The summed E-state index contributed by atoms with van der Waals surface area (Å²) in [5, 5.41) is 3.19. The van der Waals surface area contributed by atoms with Crippen molar-refractivity contribution in [2.45, 2.75) is 17.6 Å². The number of amides is 1. The van der Waals surface area contributed by atoms with Gasteiger partial charge in [-0.2, -0.15) is 13.2 Å². The van der Waals surface area contributed by atoms with Gasteiger partial charge in [0.2, 0.25) is 0 Å². The predicted octanol–water partition coefficient (Wildman–Crippen LogP) is 2.40. The minimum Gasteiger partial charge on any atom is -0.348 e. The molecule has 2 aromatic rings. The standard InChI is InChI=1S/C22H23F3N4O/c23-22(24,25)18-7-6-15(10-26-18)20(30)27-19-16-11-28-8-9-29(12-16)14-21(19,13-28)17-4-2-1-3-5-17/h1-7,10,16,19H,8-9,11-14H2,(H,27,30)/t16?,19-,21?/m1/s1. The lowest BCUT2D eigenvalue weighted by atomic mass is 9.64. The number of alkyl halides is 3. The van der Waals surface area contributed by atoms with Gasteiger partial charge in [-0.25, -0.2) is 0 Å². The molecule has 0 aliphatic carbocycles. The van der Waals surface area contributed by atoms with Crippen LogP contribution in [-0.2, 0) is 11.6 Å². The van der Waals surface area contributed by atoms with E-state index < -0.39 is 11.9 Å². The van der Waals surface area contributed by atoms with Crippen molar-refractivity contribution in [1.82, 2.24) is 20.1 Å². The number of carbonyl (C=O) groups is 1. The molecule has 8 heteroatoms. The molecule has 4 aliphatic rings. The third-order valence-electron chi connectivity index (χ3n) is 6.75. The van der Waals surface area contributed by atoms with Crippen LogP contribution in [0.4, 0.5) is 13.2 Å². The molecule has 5 nitrogen and oxygen atoms in total. The molecule has 1 amide bonds. The zero-order valence-electron chi connectivity index (χ0n) is 16.4. The fourth-order valence-electron chi connectivity index (χ4n) is 5.49. The Morgan fingerprint density at radius 1 is 1.03 bits per heavy atom. The first-order chi connectivity index (χ1) is 14.3. The van der Waals surface area contributed by atoms with Gasteiger partial charge in [0.05, 0.1) is 5.56 Å². The average molecular weight is 416 g/mol. The highest BCUT2D eigenvalue weighted by Gasteiger charge is 2.55. The van der Waals surface area contributed by atoms with Gasteiger partial charge in [0.25, 0.3) is 5.91 Å². The summed E-state index contributed by atoms with van der Waals surface area (Å²) in [7, 11) is 0. The van der Waals surface area contributed by atoms with E-state index in [0.29, 0.717) is 0 Å². The highest BCUT2D eigenvalue weighted by molar-refractivity contribution is 5.94. The lowest BCUT2D eigenvalue weighted by Gasteiger charge is -2.55. The van der Waals surface area contributed by atoms with Crippen molar-refractivity contribution in [2.75, 3.05) is 39.3 Å². The van der Waals surface area contributed by atoms with Crippen molar-refractivity contribution < 1.29 is 18.0 Å². The molecular weight excluding hydrogens is 393 g/mol. The number of halogens is 3. The molecule has 0 saturated carbocycles. The average Bonchev–Trinajstić information content (AvgIpc) is 2.99. The summed E-state index contributed by atoms with van der Waals surface area (Å²) in [6, 6.07) is 12.3. The topological polar surface area (TPSA) is 48.5 Å². The lowest BCUT2D eigenvalue weighted by Crippen LogP contribution is -2.70. The van der Waals surface area contributed by atoms with Crippen LogP contribution in [0.5, 0.6) is 0 Å². The van der Waals surface area contributed by atoms with Crippen LogP contribution in [0.25, 0.3) is 0 Å². The Morgan fingerprint density at radius 2 is 1.70 bits per heavy atom. The number of fused-ring (bicyclic) bond motifs is 1. The Hall–Kier alpha value is -2.45. The summed E-state index contributed by atoms with van der Waals surface area (Å²) in [5.41, 5.74) is 0.112. The van der Waals surface area contributed by atoms with E-state index >= 15 is 0 Å². The maximum Gasteiger partial charge on any atom is 0.433 e. The molecule has 3 atom stereocenters. The molecule has 4 aliphatic heterocycles. The Labute approximate surface area is 172 Å². The molecule has 1 aromatic carbocycles. The van der Waals surface area contributed by atoms with Crippen LogP contribution in [0.3, 0.4) is 0 Å². The van der Waals surface area contributed by atoms with Gasteiger partial charge in [0, 0.05) is 62.8 Å². The van der Waals surface area contributed by atoms with Gasteiger partial charge < -0.3 is 15.1 Å². The van der Waals surface area contributed by atoms with E-state index in [4.69, 9.17) is 0 Å². The smallest absolute Gasteiger partial charge is 0.348 e. The van der Waals surface area contributed by atoms with Crippen molar-refractivity contribution in [3.05, 3.63) is 65.5 Å². The summed E-state index contributed by atoms with van der Waals surface area (Å²) < 4.78 is 38.4.